The summed E-state index contributed by atoms with van der Waals surface area (Å²) >= 11 is 1.52. The Morgan fingerprint density at radius 2 is 1.93 bits per heavy atom. The minimum Gasteiger partial charge on any atom is -0.482 e. The fraction of sp³-hybridized carbons (Fsp3) is 0.469. The summed E-state index contributed by atoms with van der Waals surface area (Å²) in [5.41, 5.74) is 8.65. The molecule has 44 heavy (non-hydrogen) atoms. The number of nitrogens with zero attached hydrogens (tertiary/aromatic N) is 3. The molecular weight excluding hydrogens is 582 g/mol. The topological polar surface area (TPSA) is 144 Å². The smallest absolute Gasteiger partial charge is 0.306 e. The van der Waals surface area contributed by atoms with Gasteiger partial charge in [0, 0.05) is 24.5 Å². The quantitative estimate of drug-likeness (QED) is 0.384. The molecule has 3 fully saturated rings. The molecule has 0 spiro atoms. The van der Waals surface area contributed by atoms with Crippen molar-refractivity contribution in [3.63, 3.8) is 0 Å². The average molecular weight is 620 g/mol. The summed E-state index contributed by atoms with van der Waals surface area (Å²) in [6.45, 7) is 3.10. The van der Waals surface area contributed by atoms with Crippen LogP contribution in [0.4, 0.5) is 0 Å². The van der Waals surface area contributed by atoms with E-state index in [4.69, 9.17) is 15.2 Å². The minimum atomic E-state index is -0.477. The van der Waals surface area contributed by atoms with Crippen LogP contribution in [0.15, 0.2) is 53.7 Å². The number of carbonyl (C=O) groups is 4. The van der Waals surface area contributed by atoms with Crippen LogP contribution in [-0.2, 0) is 19.1 Å². The van der Waals surface area contributed by atoms with Gasteiger partial charge >= 0.3 is 5.97 Å². The lowest BCUT2D eigenvalue weighted by Gasteiger charge is -2.34. The number of nitrogens with two attached hydrogens (primary N) is 1. The average Bonchev–Trinajstić information content (AvgIpc) is 3.59. The molecule has 3 aliphatic heterocycles. The second-order valence-corrected chi connectivity index (χ2v) is 12.7. The monoisotopic (exact) mass is 619 g/mol. The van der Waals surface area contributed by atoms with Crippen LogP contribution in [0.2, 0.25) is 0 Å². The van der Waals surface area contributed by atoms with Crippen molar-refractivity contribution in [2.24, 2.45) is 11.7 Å². The van der Waals surface area contributed by atoms with Gasteiger partial charge in [-0.15, -0.1) is 11.8 Å². The number of ether oxygens (including phenoxy) is 2. The second kappa shape index (κ2) is 12.9. The lowest BCUT2D eigenvalue weighted by Crippen LogP contribution is -2.51. The van der Waals surface area contributed by atoms with Gasteiger partial charge in [0.15, 0.2) is 0 Å². The van der Waals surface area contributed by atoms with Crippen LogP contribution in [0.25, 0.3) is 0 Å². The van der Waals surface area contributed by atoms with Crippen molar-refractivity contribution in [3.05, 3.63) is 70.5 Å². The maximum absolute atomic E-state index is 13.1. The number of pyridine rings is 1. The molecule has 4 heterocycles. The summed E-state index contributed by atoms with van der Waals surface area (Å²) in [5.74, 6) is 0.00176. The van der Waals surface area contributed by atoms with Crippen molar-refractivity contribution in [1.82, 2.24) is 20.1 Å². The van der Waals surface area contributed by atoms with Gasteiger partial charge in [-0.2, -0.15) is 0 Å². The molecule has 2 aromatic rings. The van der Waals surface area contributed by atoms with Crippen molar-refractivity contribution in [2.75, 3.05) is 25.6 Å². The Labute approximate surface area is 260 Å². The Morgan fingerprint density at radius 3 is 2.59 bits per heavy atom. The van der Waals surface area contributed by atoms with Crippen molar-refractivity contribution in [2.45, 2.75) is 63.1 Å². The van der Waals surface area contributed by atoms with E-state index in [2.05, 4.69) is 34.6 Å². The molecule has 232 valence electrons. The Bertz CT molecular complexity index is 1440. The Hall–Kier alpha value is -4.06. The summed E-state index contributed by atoms with van der Waals surface area (Å²) < 4.78 is 11.5. The van der Waals surface area contributed by atoms with Crippen LogP contribution in [0, 0.1) is 5.92 Å². The molecular formula is C32H37N5O6S. The molecule has 4 atom stereocenters. The molecule has 1 aromatic heterocycles. The van der Waals surface area contributed by atoms with Crippen LogP contribution < -0.4 is 15.8 Å². The van der Waals surface area contributed by atoms with E-state index in [0.717, 1.165) is 18.4 Å². The molecule has 0 bridgehead atoms. The summed E-state index contributed by atoms with van der Waals surface area (Å²) in [5, 5.41) is 4.79. The normalized spacial score (nSPS) is 23.0. The van der Waals surface area contributed by atoms with E-state index in [1.54, 1.807) is 22.4 Å². The first kappa shape index (κ1) is 30.0. The molecule has 3 N–H and O–H groups in total. The van der Waals surface area contributed by atoms with Gasteiger partial charge in [-0.25, -0.2) is 4.98 Å². The molecule has 0 unspecified atom stereocenters. The summed E-state index contributed by atoms with van der Waals surface area (Å²) in [6.07, 6.45) is 5.13. The predicted molar refractivity (Wildman–Crippen MR) is 163 cm³/mol. The zero-order valence-electron chi connectivity index (χ0n) is 24.6. The number of thioether (sulfide) groups is 1. The fourth-order valence-electron chi connectivity index (χ4n) is 6.07. The summed E-state index contributed by atoms with van der Waals surface area (Å²) in [6, 6.07) is 11.4. The first-order valence-corrected chi connectivity index (χ1v) is 16.2. The zero-order valence-corrected chi connectivity index (χ0v) is 25.5. The fourth-order valence-corrected chi connectivity index (χ4v) is 7.09. The minimum absolute atomic E-state index is 0.105. The zero-order chi connectivity index (χ0) is 30.8. The molecule has 1 saturated carbocycles. The molecule has 1 aromatic carbocycles. The number of rotatable bonds is 10. The number of nitrogens with one attached hydrogen (secondary N) is 1. The first-order valence-electron chi connectivity index (χ1n) is 15.1. The number of primary amides is 1. The second-order valence-electron chi connectivity index (χ2n) is 11.9. The van der Waals surface area contributed by atoms with Gasteiger partial charge in [-0.05, 0) is 61.8 Å². The van der Waals surface area contributed by atoms with E-state index >= 15 is 0 Å². The van der Waals surface area contributed by atoms with Gasteiger partial charge in [-0.1, -0.05) is 24.3 Å². The molecule has 12 heteroatoms. The van der Waals surface area contributed by atoms with Crippen LogP contribution >= 0.6 is 11.8 Å². The van der Waals surface area contributed by atoms with Crippen LogP contribution in [0.1, 0.15) is 72.7 Å². The third-order valence-electron chi connectivity index (χ3n) is 8.72. The summed E-state index contributed by atoms with van der Waals surface area (Å²) in [7, 11) is 0. The third kappa shape index (κ3) is 6.69. The highest BCUT2D eigenvalue weighted by Gasteiger charge is 2.36. The lowest BCUT2D eigenvalue weighted by atomic mass is 9.99. The Morgan fingerprint density at radius 1 is 1.14 bits per heavy atom. The van der Waals surface area contributed by atoms with E-state index in [0.29, 0.717) is 36.3 Å². The molecule has 0 radical (unpaired) electrons. The number of carbonyl (C=O) groups excluding carboxylic acids is 4. The molecule has 11 nitrogen and oxygen atoms in total. The largest absolute Gasteiger partial charge is 0.482 e. The standard InChI is InChI=1S/C32H37N5O6S/c1-19(37-18-44-17-27(37)30(33)39)29(22-8-6-21(7-9-22)20-4-5-20)43-25-10-11-26(34-14-25)31(40)35-24-3-2-12-36(15-24)32(41)23-13-28(38)42-16-23/h6-11,14,17,19-20,23-24,29H,2-5,12-13,15-16,18H2,1H3,(H2,33,39)(H,35,40)/t19-,23+,24-,29-/m0/s1. The van der Waals surface area contributed by atoms with Crippen LogP contribution in [-0.4, -0.2) is 76.1 Å². The Balaban J connectivity index is 1.11. The predicted octanol–water partition coefficient (Wildman–Crippen LogP) is 3.08. The van der Waals surface area contributed by atoms with E-state index in [1.165, 1.54) is 36.4 Å². The van der Waals surface area contributed by atoms with Gasteiger partial charge in [0.1, 0.15) is 29.9 Å². The highest BCUT2D eigenvalue weighted by Crippen LogP contribution is 2.41. The number of cyclic esters (lactones) is 1. The molecule has 2 saturated heterocycles. The molecule has 3 amide bonds. The Kier molecular flexibility index (Phi) is 8.79. The van der Waals surface area contributed by atoms with Gasteiger partial charge < -0.3 is 30.3 Å². The third-order valence-corrected chi connectivity index (χ3v) is 9.54. The van der Waals surface area contributed by atoms with Gasteiger partial charge in [0.2, 0.25) is 5.91 Å². The van der Waals surface area contributed by atoms with Crippen molar-refractivity contribution >= 4 is 35.5 Å². The van der Waals surface area contributed by atoms with Crippen molar-refractivity contribution < 1.29 is 28.7 Å². The number of hydrogen-bond donors (Lipinski definition) is 2. The number of esters is 1. The van der Waals surface area contributed by atoms with Gasteiger partial charge in [-0.3, -0.25) is 19.2 Å². The first-order chi connectivity index (χ1) is 21.3. The van der Waals surface area contributed by atoms with Crippen molar-refractivity contribution in [3.8, 4) is 5.75 Å². The highest BCUT2D eigenvalue weighted by molar-refractivity contribution is 8.02. The van der Waals surface area contributed by atoms with Crippen molar-refractivity contribution in [1.29, 1.82) is 0 Å². The lowest BCUT2D eigenvalue weighted by molar-refractivity contribution is -0.138. The van der Waals surface area contributed by atoms with Gasteiger partial charge in [0.05, 0.1) is 30.5 Å². The van der Waals surface area contributed by atoms with E-state index in [-0.39, 0.29) is 48.6 Å². The number of aromatic nitrogens is 1. The number of hydrogen-bond acceptors (Lipinski definition) is 9. The molecule has 1 aliphatic carbocycles. The number of likely N-dealkylation sites (tertiary alicyclic amines) is 1. The number of amides is 3. The number of piperidine rings is 1. The van der Waals surface area contributed by atoms with Gasteiger partial charge in [0.25, 0.3) is 11.8 Å². The SMILES string of the molecule is C[C@@H]([C@H](Oc1ccc(C(=O)N[C@H]2CCCN(C(=O)[C@H]3COC(=O)C3)C2)nc1)c1ccc(C2CC2)cc1)N1CSC=C1C(N)=O. The maximum atomic E-state index is 13.1. The molecule has 4 aliphatic rings. The van der Waals surface area contributed by atoms with E-state index < -0.39 is 17.9 Å². The number of benzene rings is 1. The molecule has 6 rings (SSSR count). The van der Waals surface area contributed by atoms with Crippen LogP contribution in [0.5, 0.6) is 5.75 Å². The van der Waals surface area contributed by atoms with E-state index in [1.807, 2.05) is 11.8 Å². The maximum Gasteiger partial charge on any atom is 0.306 e. The van der Waals surface area contributed by atoms with E-state index in [9.17, 15) is 19.2 Å². The highest BCUT2D eigenvalue weighted by atomic mass is 32.2. The summed E-state index contributed by atoms with van der Waals surface area (Å²) in [4.78, 5) is 57.5. The van der Waals surface area contributed by atoms with Crippen LogP contribution in [0.3, 0.4) is 0 Å².